The molecule has 1 heterocycles. The Labute approximate surface area is 167 Å². The molecule has 0 spiro atoms. The van der Waals surface area contributed by atoms with Crippen molar-refractivity contribution in [2.45, 2.75) is 6.42 Å². The maximum absolute atomic E-state index is 12.4. The Balaban J connectivity index is 1.85. The number of rotatable bonds is 4. The minimum Gasteiger partial charge on any atom is -0.468 e. The second-order valence-electron chi connectivity index (χ2n) is 6.78. The second kappa shape index (κ2) is 7.60. The first-order valence-corrected chi connectivity index (χ1v) is 9.88. The van der Waals surface area contributed by atoms with Gasteiger partial charge >= 0.3 is 11.9 Å². The van der Waals surface area contributed by atoms with Gasteiger partial charge in [-0.1, -0.05) is 48.5 Å². The number of hydrogen-bond donors (Lipinski definition) is 0. The molecule has 1 aliphatic rings. The summed E-state index contributed by atoms with van der Waals surface area (Å²) < 4.78 is 11.0. The Hall–Kier alpha value is -2.92. The first-order chi connectivity index (χ1) is 13.6. The van der Waals surface area contributed by atoms with E-state index in [9.17, 15) is 9.59 Å². The van der Waals surface area contributed by atoms with E-state index >= 15 is 0 Å². The molecule has 1 aromatic heterocycles. The Morgan fingerprint density at radius 2 is 1.68 bits per heavy atom. The molecule has 0 amide bonds. The summed E-state index contributed by atoms with van der Waals surface area (Å²) >= 11 is 1.71. The fraction of sp³-hybridized carbons (Fsp3) is 0.217. The van der Waals surface area contributed by atoms with E-state index in [1.165, 1.54) is 24.3 Å². The number of carbonyl (C=O) groups excluding carboxylic acids is 2. The average Bonchev–Trinajstić information content (AvgIpc) is 3.17. The molecule has 142 valence electrons. The minimum atomic E-state index is -0.979. The Morgan fingerprint density at radius 3 is 2.39 bits per heavy atom. The second-order valence-corrected chi connectivity index (χ2v) is 7.86. The van der Waals surface area contributed by atoms with Gasteiger partial charge in [0.1, 0.15) is 0 Å². The number of esters is 2. The number of hydrogen-bond acceptors (Lipinski definition) is 5. The topological polar surface area (TPSA) is 52.6 Å². The van der Waals surface area contributed by atoms with E-state index in [-0.39, 0.29) is 5.92 Å². The third-order valence-electron chi connectivity index (χ3n) is 5.17. The van der Waals surface area contributed by atoms with Crippen molar-refractivity contribution in [1.29, 1.82) is 0 Å². The molecule has 0 saturated carbocycles. The summed E-state index contributed by atoms with van der Waals surface area (Å²) in [7, 11) is 2.59. The molecule has 0 bridgehead atoms. The van der Waals surface area contributed by atoms with Crippen molar-refractivity contribution in [2.75, 3.05) is 14.2 Å². The molecule has 4 nitrogen and oxygen atoms in total. The third-order valence-corrected chi connectivity index (χ3v) is 6.32. The SMILES string of the molecule is COC(=O)C(C(=O)OC)C1C=C(c2cc3ccccc3s2)c2ccccc2C1. The maximum Gasteiger partial charge on any atom is 0.320 e. The molecule has 5 heteroatoms. The average molecular weight is 392 g/mol. The third kappa shape index (κ3) is 3.22. The van der Waals surface area contributed by atoms with Gasteiger partial charge in [-0.2, -0.15) is 0 Å². The number of fused-ring (bicyclic) bond motifs is 2. The zero-order valence-electron chi connectivity index (χ0n) is 15.7. The van der Waals surface area contributed by atoms with Gasteiger partial charge in [0.2, 0.25) is 0 Å². The van der Waals surface area contributed by atoms with Crippen molar-refractivity contribution in [3.8, 4) is 0 Å². The normalized spacial score (nSPS) is 15.8. The smallest absolute Gasteiger partial charge is 0.320 e. The predicted octanol–water partition coefficient (Wildman–Crippen LogP) is 4.47. The molecule has 0 saturated heterocycles. The fourth-order valence-corrected chi connectivity index (χ4v) is 4.92. The minimum absolute atomic E-state index is 0.324. The molecule has 1 unspecified atom stereocenters. The lowest BCUT2D eigenvalue weighted by Crippen LogP contribution is -2.35. The van der Waals surface area contributed by atoms with Gasteiger partial charge in [0.05, 0.1) is 14.2 Å². The summed E-state index contributed by atoms with van der Waals surface area (Å²) in [6, 6.07) is 18.5. The van der Waals surface area contributed by atoms with Gasteiger partial charge < -0.3 is 9.47 Å². The molecule has 4 rings (SSSR count). The summed E-state index contributed by atoms with van der Waals surface area (Å²) in [5.41, 5.74) is 3.30. The van der Waals surface area contributed by atoms with E-state index in [4.69, 9.17) is 9.47 Å². The first-order valence-electron chi connectivity index (χ1n) is 9.07. The predicted molar refractivity (Wildman–Crippen MR) is 110 cm³/mol. The number of allylic oxidation sites excluding steroid dienone is 1. The largest absolute Gasteiger partial charge is 0.468 e. The molecule has 3 aromatic rings. The van der Waals surface area contributed by atoms with Gasteiger partial charge in [-0.05, 0) is 40.6 Å². The maximum atomic E-state index is 12.4. The van der Waals surface area contributed by atoms with Gasteiger partial charge in [-0.3, -0.25) is 9.59 Å². The van der Waals surface area contributed by atoms with Crippen molar-refractivity contribution in [3.05, 3.63) is 76.7 Å². The van der Waals surface area contributed by atoms with Crippen LogP contribution in [0.15, 0.2) is 60.7 Å². The Morgan fingerprint density at radius 1 is 1.00 bits per heavy atom. The molecule has 1 atom stereocenters. The molecule has 0 N–H and O–H groups in total. The molecule has 0 fully saturated rings. The van der Waals surface area contributed by atoms with Crippen molar-refractivity contribution in [1.82, 2.24) is 0 Å². The summed E-state index contributed by atoms with van der Waals surface area (Å²) in [5, 5.41) is 1.18. The van der Waals surface area contributed by atoms with Gasteiger partial charge in [0, 0.05) is 15.5 Å². The summed E-state index contributed by atoms with van der Waals surface area (Å²) in [5.74, 6) is -2.44. The van der Waals surface area contributed by atoms with Crippen LogP contribution < -0.4 is 0 Å². The number of carbonyl (C=O) groups is 2. The van der Waals surface area contributed by atoms with Crippen LogP contribution in [0.3, 0.4) is 0 Å². The summed E-state index contributed by atoms with van der Waals surface area (Å²) in [4.78, 5) is 25.8. The van der Waals surface area contributed by atoms with Crippen LogP contribution in [-0.4, -0.2) is 26.2 Å². The number of methoxy groups -OCH3 is 2. The van der Waals surface area contributed by atoms with E-state index in [0.717, 1.165) is 21.6 Å². The zero-order valence-corrected chi connectivity index (χ0v) is 16.5. The van der Waals surface area contributed by atoms with Gasteiger partial charge in [0.15, 0.2) is 5.92 Å². The molecular formula is C23H20O4S. The Bertz CT molecular complexity index is 1030. The molecule has 28 heavy (non-hydrogen) atoms. The van der Waals surface area contributed by atoms with Crippen LogP contribution in [0.2, 0.25) is 0 Å². The molecule has 0 radical (unpaired) electrons. The lowest BCUT2D eigenvalue weighted by atomic mass is 9.78. The van der Waals surface area contributed by atoms with Gasteiger partial charge in [-0.25, -0.2) is 0 Å². The number of ether oxygens (including phenoxy) is 2. The quantitative estimate of drug-likeness (QED) is 0.486. The van der Waals surface area contributed by atoms with Crippen LogP contribution in [-0.2, 0) is 25.5 Å². The summed E-state index contributed by atoms with van der Waals surface area (Å²) in [6.45, 7) is 0. The highest BCUT2D eigenvalue weighted by Crippen LogP contribution is 2.41. The lowest BCUT2D eigenvalue weighted by Gasteiger charge is -2.27. The van der Waals surface area contributed by atoms with Gasteiger partial charge in [0.25, 0.3) is 0 Å². The molecule has 1 aliphatic carbocycles. The van der Waals surface area contributed by atoms with Crippen LogP contribution in [0.25, 0.3) is 15.7 Å². The van der Waals surface area contributed by atoms with Crippen LogP contribution in [0, 0.1) is 11.8 Å². The van der Waals surface area contributed by atoms with E-state index in [1.807, 2.05) is 36.4 Å². The lowest BCUT2D eigenvalue weighted by molar-refractivity contribution is -0.160. The standard InChI is InChI=1S/C23H20O4S/c1-26-22(24)21(23(25)27-2)16-11-14-7-3-5-9-17(14)18(12-16)20-13-15-8-4-6-10-19(15)28-20/h3-10,12-13,16,21H,11H2,1-2H3. The molecular weight excluding hydrogens is 372 g/mol. The highest BCUT2D eigenvalue weighted by molar-refractivity contribution is 7.20. The van der Waals surface area contributed by atoms with Crippen LogP contribution in [0.1, 0.15) is 16.0 Å². The Kier molecular flexibility index (Phi) is 5.01. The van der Waals surface area contributed by atoms with Crippen molar-refractivity contribution < 1.29 is 19.1 Å². The van der Waals surface area contributed by atoms with Crippen LogP contribution in [0.5, 0.6) is 0 Å². The van der Waals surface area contributed by atoms with Crippen molar-refractivity contribution >= 4 is 38.9 Å². The highest BCUT2D eigenvalue weighted by atomic mass is 32.1. The van der Waals surface area contributed by atoms with Crippen molar-refractivity contribution in [2.24, 2.45) is 11.8 Å². The van der Waals surface area contributed by atoms with Crippen LogP contribution >= 0.6 is 11.3 Å². The summed E-state index contributed by atoms with van der Waals surface area (Å²) in [6.07, 6.45) is 2.62. The van der Waals surface area contributed by atoms with E-state index in [1.54, 1.807) is 11.3 Å². The fourth-order valence-electron chi connectivity index (χ4n) is 3.82. The van der Waals surface area contributed by atoms with Crippen LogP contribution in [0.4, 0.5) is 0 Å². The van der Waals surface area contributed by atoms with E-state index in [2.05, 4.69) is 24.3 Å². The number of thiophene rings is 1. The monoisotopic (exact) mass is 392 g/mol. The molecule has 2 aromatic carbocycles. The van der Waals surface area contributed by atoms with E-state index < -0.39 is 17.9 Å². The first kappa shape index (κ1) is 18.4. The highest BCUT2D eigenvalue weighted by Gasteiger charge is 2.38. The van der Waals surface area contributed by atoms with E-state index in [0.29, 0.717) is 6.42 Å². The van der Waals surface area contributed by atoms with Gasteiger partial charge in [-0.15, -0.1) is 11.3 Å². The number of benzene rings is 2. The van der Waals surface area contributed by atoms with Crippen molar-refractivity contribution in [3.63, 3.8) is 0 Å². The zero-order chi connectivity index (χ0) is 19.7. The molecule has 0 aliphatic heterocycles.